The van der Waals surface area contributed by atoms with Crippen LogP contribution < -0.4 is 10.6 Å². The van der Waals surface area contributed by atoms with Crippen LogP contribution in [0.1, 0.15) is 27.4 Å². The van der Waals surface area contributed by atoms with Gasteiger partial charge in [-0.25, -0.2) is 9.18 Å². The van der Waals surface area contributed by atoms with Crippen molar-refractivity contribution in [2.24, 2.45) is 4.99 Å². The molecule has 8 heteroatoms. The van der Waals surface area contributed by atoms with Gasteiger partial charge in [0.15, 0.2) is 5.96 Å². The molecule has 0 unspecified atom stereocenters. The number of rotatable bonds is 5. The van der Waals surface area contributed by atoms with Crippen LogP contribution in [0.5, 0.6) is 0 Å². The molecule has 0 bridgehead atoms. The van der Waals surface area contributed by atoms with Crippen LogP contribution in [-0.4, -0.2) is 26.1 Å². The van der Waals surface area contributed by atoms with Crippen LogP contribution in [0.15, 0.2) is 39.7 Å². The molecule has 0 spiro atoms. The van der Waals surface area contributed by atoms with Gasteiger partial charge in [-0.05, 0) is 30.7 Å². The number of guanidine groups is 1. The average Bonchev–Trinajstić information content (AvgIpc) is 2.96. The van der Waals surface area contributed by atoms with Crippen molar-refractivity contribution in [3.05, 3.63) is 58.8 Å². The number of ether oxygens (including phenoxy) is 1. The third-order valence-electron chi connectivity index (χ3n) is 3.40. The molecule has 2 N–H and O–H groups in total. The first-order valence-corrected chi connectivity index (χ1v) is 7.40. The molecular formula is C17H21FIN3O3. The molecule has 0 radical (unpaired) electrons. The van der Waals surface area contributed by atoms with E-state index in [2.05, 4.69) is 15.6 Å². The fraction of sp³-hybridized carbons (Fsp3) is 0.294. The first-order chi connectivity index (χ1) is 11.5. The Bertz CT molecular complexity index is 729. The summed E-state index contributed by atoms with van der Waals surface area (Å²) >= 11 is 0. The topological polar surface area (TPSA) is 75.9 Å². The lowest BCUT2D eigenvalue weighted by Gasteiger charge is -2.11. The SMILES string of the molecule is CN=C(NCc1ccc(F)cc1)NCc1cc(C(=O)OC)c(C)o1.I. The van der Waals surface area contributed by atoms with Gasteiger partial charge in [-0.2, -0.15) is 0 Å². The van der Waals surface area contributed by atoms with E-state index in [-0.39, 0.29) is 29.8 Å². The number of benzene rings is 1. The largest absolute Gasteiger partial charge is 0.465 e. The van der Waals surface area contributed by atoms with Crippen molar-refractivity contribution in [2.45, 2.75) is 20.0 Å². The van der Waals surface area contributed by atoms with Gasteiger partial charge in [-0.3, -0.25) is 4.99 Å². The van der Waals surface area contributed by atoms with E-state index in [9.17, 15) is 9.18 Å². The number of carbonyl (C=O) groups excluding carboxylic acids is 1. The number of methoxy groups -OCH3 is 1. The predicted octanol–water partition coefficient (Wildman–Crippen LogP) is 3.00. The van der Waals surface area contributed by atoms with Crippen LogP contribution in [0.25, 0.3) is 0 Å². The summed E-state index contributed by atoms with van der Waals surface area (Å²) in [5.74, 6) is 0.968. The van der Waals surface area contributed by atoms with Crippen molar-refractivity contribution >= 4 is 35.9 Å². The van der Waals surface area contributed by atoms with Crippen molar-refractivity contribution in [1.29, 1.82) is 0 Å². The highest BCUT2D eigenvalue weighted by atomic mass is 127. The van der Waals surface area contributed by atoms with Gasteiger partial charge in [0.2, 0.25) is 0 Å². The molecule has 0 amide bonds. The summed E-state index contributed by atoms with van der Waals surface area (Å²) in [6, 6.07) is 7.87. The van der Waals surface area contributed by atoms with Crippen LogP contribution in [0.2, 0.25) is 0 Å². The van der Waals surface area contributed by atoms with Crippen molar-refractivity contribution in [1.82, 2.24) is 10.6 Å². The van der Waals surface area contributed by atoms with Gasteiger partial charge < -0.3 is 19.8 Å². The molecule has 1 heterocycles. The summed E-state index contributed by atoms with van der Waals surface area (Å²) in [5.41, 5.74) is 1.34. The lowest BCUT2D eigenvalue weighted by Crippen LogP contribution is -2.36. The fourth-order valence-corrected chi connectivity index (χ4v) is 2.12. The van der Waals surface area contributed by atoms with Gasteiger partial charge >= 0.3 is 5.97 Å². The van der Waals surface area contributed by atoms with E-state index in [1.54, 1.807) is 32.2 Å². The average molecular weight is 461 g/mol. The summed E-state index contributed by atoms with van der Waals surface area (Å²) in [7, 11) is 2.97. The Hall–Kier alpha value is -2.10. The van der Waals surface area contributed by atoms with Crippen LogP contribution in [0.4, 0.5) is 4.39 Å². The maximum Gasteiger partial charge on any atom is 0.341 e. The summed E-state index contributed by atoms with van der Waals surface area (Å²) < 4.78 is 23.1. The second-order valence-electron chi connectivity index (χ2n) is 5.08. The van der Waals surface area contributed by atoms with E-state index in [4.69, 9.17) is 9.15 Å². The Morgan fingerprint density at radius 1 is 1.24 bits per heavy atom. The van der Waals surface area contributed by atoms with Crippen molar-refractivity contribution in [3.63, 3.8) is 0 Å². The van der Waals surface area contributed by atoms with E-state index in [0.29, 0.717) is 36.1 Å². The smallest absolute Gasteiger partial charge is 0.341 e. The number of esters is 1. The van der Waals surface area contributed by atoms with E-state index >= 15 is 0 Å². The number of hydrogen-bond acceptors (Lipinski definition) is 4. The Labute approximate surface area is 162 Å². The predicted molar refractivity (Wildman–Crippen MR) is 104 cm³/mol. The molecule has 0 fully saturated rings. The third-order valence-corrected chi connectivity index (χ3v) is 3.40. The maximum absolute atomic E-state index is 12.9. The van der Waals surface area contributed by atoms with Gasteiger partial charge in [-0.15, -0.1) is 24.0 Å². The standard InChI is InChI=1S/C17H20FN3O3.HI/c1-11-15(16(22)23-3)8-14(24-11)10-21-17(19-2)20-9-12-4-6-13(18)7-5-12;/h4-8H,9-10H2,1-3H3,(H2,19,20,21);1H. The molecule has 1 aromatic heterocycles. The highest BCUT2D eigenvalue weighted by molar-refractivity contribution is 14.0. The van der Waals surface area contributed by atoms with Crippen LogP contribution in [0, 0.1) is 12.7 Å². The highest BCUT2D eigenvalue weighted by Gasteiger charge is 2.15. The Morgan fingerprint density at radius 3 is 2.48 bits per heavy atom. The number of furan rings is 1. The zero-order chi connectivity index (χ0) is 17.5. The lowest BCUT2D eigenvalue weighted by molar-refractivity contribution is 0.0599. The van der Waals surface area contributed by atoms with Gasteiger partial charge in [0.05, 0.1) is 13.7 Å². The molecule has 25 heavy (non-hydrogen) atoms. The molecule has 6 nitrogen and oxygen atoms in total. The normalized spacial score (nSPS) is 10.8. The minimum Gasteiger partial charge on any atom is -0.465 e. The number of nitrogens with one attached hydrogen (secondary N) is 2. The zero-order valence-corrected chi connectivity index (χ0v) is 16.6. The molecule has 1 aromatic carbocycles. The van der Waals surface area contributed by atoms with Crippen molar-refractivity contribution < 1.29 is 18.3 Å². The molecule has 0 saturated heterocycles. The molecule has 0 aliphatic carbocycles. The zero-order valence-electron chi connectivity index (χ0n) is 14.3. The number of aliphatic imine (C=N–C) groups is 1. The second-order valence-corrected chi connectivity index (χ2v) is 5.08. The fourth-order valence-electron chi connectivity index (χ4n) is 2.12. The molecular weight excluding hydrogens is 440 g/mol. The van der Waals surface area contributed by atoms with E-state index in [0.717, 1.165) is 5.56 Å². The number of hydrogen-bond donors (Lipinski definition) is 2. The molecule has 0 saturated carbocycles. The van der Waals surface area contributed by atoms with E-state index < -0.39 is 5.97 Å². The number of aryl methyl sites for hydroxylation is 1. The minimum atomic E-state index is -0.429. The molecule has 136 valence electrons. The van der Waals surface area contributed by atoms with Gasteiger partial charge in [0, 0.05) is 13.6 Å². The maximum atomic E-state index is 12.9. The summed E-state index contributed by atoms with van der Waals surface area (Å²) in [6.45, 7) is 2.57. The number of halogens is 2. The van der Waals surface area contributed by atoms with Crippen molar-refractivity contribution in [3.8, 4) is 0 Å². The first-order valence-electron chi connectivity index (χ1n) is 7.40. The lowest BCUT2D eigenvalue weighted by atomic mass is 10.2. The Morgan fingerprint density at radius 2 is 1.88 bits per heavy atom. The molecule has 0 aliphatic heterocycles. The summed E-state index contributed by atoms with van der Waals surface area (Å²) in [5, 5.41) is 6.20. The van der Waals surface area contributed by atoms with Crippen LogP contribution >= 0.6 is 24.0 Å². The molecule has 2 aromatic rings. The first kappa shape index (κ1) is 20.9. The van der Waals surface area contributed by atoms with Crippen molar-refractivity contribution in [2.75, 3.05) is 14.2 Å². The minimum absolute atomic E-state index is 0. The Balaban J connectivity index is 0.00000312. The molecule has 0 aliphatic rings. The highest BCUT2D eigenvalue weighted by Crippen LogP contribution is 2.15. The van der Waals surface area contributed by atoms with Crippen LogP contribution in [-0.2, 0) is 17.8 Å². The summed E-state index contributed by atoms with van der Waals surface area (Å²) in [6.07, 6.45) is 0. The quantitative estimate of drug-likeness (QED) is 0.310. The number of nitrogens with zero attached hydrogens (tertiary/aromatic N) is 1. The third kappa shape index (κ3) is 6.04. The van der Waals surface area contributed by atoms with Gasteiger partial charge in [0.25, 0.3) is 0 Å². The Kier molecular flexibility index (Phi) is 8.39. The monoisotopic (exact) mass is 461 g/mol. The van der Waals surface area contributed by atoms with E-state index in [1.807, 2.05) is 0 Å². The van der Waals surface area contributed by atoms with E-state index in [1.165, 1.54) is 19.2 Å². The molecule has 0 atom stereocenters. The van der Waals surface area contributed by atoms with Crippen LogP contribution in [0.3, 0.4) is 0 Å². The summed E-state index contributed by atoms with van der Waals surface area (Å²) in [4.78, 5) is 15.7. The number of carbonyl (C=O) groups is 1. The second kappa shape index (κ2) is 10.0. The van der Waals surface area contributed by atoms with Gasteiger partial charge in [0.1, 0.15) is 22.9 Å². The molecule has 2 rings (SSSR count). The van der Waals surface area contributed by atoms with Gasteiger partial charge in [-0.1, -0.05) is 12.1 Å².